The first-order valence-electron chi connectivity index (χ1n) is 3.68. The lowest BCUT2D eigenvalue weighted by Crippen LogP contribution is -2.33. The summed E-state index contributed by atoms with van der Waals surface area (Å²) in [6, 6.07) is 0. The van der Waals surface area contributed by atoms with E-state index in [4.69, 9.17) is 5.11 Å². The van der Waals surface area contributed by atoms with Gasteiger partial charge in [0, 0.05) is 10.6 Å². The smallest absolute Gasteiger partial charge is 0.315 e. The molecule has 1 atom stereocenters. The Bertz CT molecular complexity index is 237. The fourth-order valence-electron chi connectivity index (χ4n) is 1.13. The summed E-state index contributed by atoms with van der Waals surface area (Å²) >= 11 is 2.18. The summed E-state index contributed by atoms with van der Waals surface area (Å²) in [5.74, 6) is -0.771. The summed E-state index contributed by atoms with van der Waals surface area (Å²) in [4.78, 5) is 14.9. The van der Waals surface area contributed by atoms with Crippen LogP contribution >= 0.6 is 22.6 Å². The summed E-state index contributed by atoms with van der Waals surface area (Å²) < 4.78 is 0.837. The van der Waals surface area contributed by atoms with Crippen LogP contribution in [0.15, 0.2) is 17.1 Å². The van der Waals surface area contributed by atoms with Gasteiger partial charge in [0.05, 0.1) is 6.54 Å². The molecular weight excluding hydrogens is 269 g/mol. The van der Waals surface area contributed by atoms with Crippen molar-refractivity contribution in [3.63, 3.8) is 0 Å². The minimum absolute atomic E-state index is 0.377. The average Bonchev–Trinajstić information content (AvgIpc) is 2.06. The first-order valence-corrected chi connectivity index (χ1v) is 5.21. The number of nitrogens with zero attached hydrogens (tertiary/aromatic N) is 1. The highest BCUT2D eigenvalue weighted by atomic mass is 127. The molecule has 0 aromatic carbocycles. The molecule has 1 aliphatic rings. The van der Waals surface area contributed by atoms with Crippen LogP contribution in [0.2, 0.25) is 0 Å². The number of carbonyl (C=O) groups is 1. The Balaban J connectivity index is 2.80. The molecule has 0 amide bonds. The summed E-state index contributed by atoms with van der Waals surface area (Å²) in [6.07, 6.45) is 5.75. The standard InChI is InChI=1S/C8H10INO2/c9-4-3-8(7(11)12)2-1-5-10-6-8/h1-2,5H,3-4,6H2,(H,11,12). The van der Waals surface area contributed by atoms with Crippen LogP contribution in [-0.4, -0.2) is 28.3 Å². The lowest BCUT2D eigenvalue weighted by molar-refractivity contribution is -0.145. The van der Waals surface area contributed by atoms with Crippen molar-refractivity contribution in [2.75, 3.05) is 11.0 Å². The van der Waals surface area contributed by atoms with Crippen LogP contribution in [0.1, 0.15) is 6.42 Å². The zero-order valence-corrected chi connectivity index (χ0v) is 8.69. The number of rotatable bonds is 3. The zero-order chi connectivity index (χ0) is 9.03. The van der Waals surface area contributed by atoms with Crippen molar-refractivity contribution in [2.45, 2.75) is 6.42 Å². The molecule has 0 fully saturated rings. The van der Waals surface area contributed by atoms with Crippen molar-refractivity contribution < 1.29 is 9.90 Å². The first-order chi connectivity index (χ1) is 5.71. The van der Waals surface area contributed by atoms with Gasteiger partial charge in [-0.15, -0.1) is 0 Å². The van der Waals surface area contributed by atoms with Crippen LogP contribution in [0.4, 0.5) is 0 Å². The third-order valence-electron chi connectivity index (χ3n) is 1.95. The normalized spacial score (nSPS) is 27.4. The molecule has 0 saturated heterocycles. The molecule has 1 N–H and O–H groups in total. The number of carboxylic acid groups (broad SMARTS) is 1. The van der Waals surface area contributed by atoms with E-state index in [9.17, 15) is 4.79 Å². The van der Waals surface area contributed by atoms with Crippen molar-refractivity contribution in [1.29, 1.82) is 0 Å². The minimum atomic E-state index is -0.771. The molecule has 0 spiro atoms. The maximum atomic E-state index is 10.9. The molecule has 0 saturated carbocycles. The third kappa shape index (κ3) is 1.85. The zero-order valence-electron chi connectivity index (χ0n) is 6.53. The Morgan fingerprint density at radius 1 is 1.75 bits per heavy atom. The van der Waals surface area contributed by atoms with Crippen molar-refractivity contribution in [2.24, 2.45) is 10.4 Å². The van der Waals surface area contributed by atoms with Gasteiger partial charge in [0.1, 0.15) is 5.41 Å². The molecule has 4 heteroatoms. The average molecular weight is 279 g/mol. The van der Waals surface area contributed by atoms with E-state index >= 15 is 0 Å². The van der Waals surface area contributed by atoms with Crippen LogP contribution in [0.3, 0.4) is 0 Å². The second kappa shape index (κ2) is 4.02. The van der Waals surface area contributed by atoms with Gasteiger partial charge in [0.2, 0.25) is 0 Å². The molecule has 0 aliphatic carbocycles. The fourth-order valence-corrected chi connectivity index (χ4v) is 2.10. The van der Waals surface area contributed by atoms with Crippen LogP contribution < -0.4 is 0 Å². The highest BCUT2D eigenvalue weighted by molar-refractivity contribution is 14.1. The lowest BCUT2D eigenvalue weighted by Gasteiger charge is -2.24. The third-order valence-corrected chi connectivity index (χ3v) is 2.49. The molecular formula is C8H10INO2. The number of dihydropyridines is 1. The van der Waals surface area contributed by atoms with Crippen molar-refractivity contribution in [3.05, 3.63) is 12.2 Å². The number of hydrogen-bond donors (Lipinski definition) is 1. The number of halogens is 1. The SMILES string of the molecule is O=C(O)C1(CCI)C=CC=NC1. The van der Waals surface area contributed by atoms with E-state index in [0.29, 0.717) is 13.0 Å². The highest BCUT2D eigenvalue weighted by Crippen LogP contribution is 2.27. The quantitative estimate of drug-likeness (QED) is 0.629. The molecule has 12 heavy (non-hydrogen) atoms. The number of aliphatic carboxylic acids is 1. The number of allylic oxidation sites excluding steroid dienone is 1. The summed E-state index contributed by atoms with van der Waals surface area (Å²) in [7, 11) is 0. The van der Waals surface area contributed by atoms with Gasteiger partial charge in [0.15, 0.2) is 0 Å². The Morgan fingerprint density at radius 3 is 2.92 bits per heavy atom. The summed E-state index contributed by atoms with van der Waals surface area (Å²) in [6.45, 7) is 0.377. The van der Waals surface area contributed by atoms with E-state index in [1.807, 2.05) is 0 Å². The molecule has 66 valence electrons. The van der Waals surface area contributed by atoms with E-state index < -0.39 is 11.4 Å². The summed E-state index contributed by atoms with van der Waals surface area (Å²) in [5.41, 5.74) is -0.740. The van der Waals surface area contributed by atoms with Crippen molar-refractivity contribution >= 4 is 34.8 Å². The Morgan fingerprint density at radius 2 is 2.50 bits per heavy atom. The molecule has 1 rings (SSSR count). The van der Waals surface area contributed by atoms with Gasteiger partial charge < -0.3 is 5.11 Å². The molecule has 0 bridgehead atoms. The molecule has 1 heterocycles. The van der Waals surface area contributed by atoms with Gasteiger partial charge in [0.25, 0.3) is 0 Å². The largest absolute Gasteiger partial charge is 0.481 e. The lowest BCUT2D eigenvalue weighted by atomic mass is 9.84. The highest BCUT2D eigenvalue weighted by Gasteiger charge is 2.35. The second-order valence-corrected chi connectivity index (χ2v) is 3.83. The molecule has 1 unspecified atom stereocenters. The minimum Gasteiger partial charge on any atom is -0.481 e. The van der Waals surface area contributed by atoms with E-state index in [1.54, 1.807) is 18.4 Å². The van der Waals surface area contributed by atoms with Crippen LogP contribution in [0.5, 0.6) is 0 Å². The molecule has 1 aliphatic heterocycles. The topological polar surface area (TPSA) is 49.7 Å². The van der Waals surface area contributed by atoms with Gasteiger partial charge >= 0.3 is 5.97 Å². The predicted octanol–water partition coefficient (Wildman–Crippen LogP) is 1.52. The van der Waals surface area contributed by atoms with Crippen LogP contribution in [0, 0.1) is 5.41 Å². The van der Waals surface area contributed by atoms with Gasteiger partial charge in [-0.3, -0.25) is 9.79 Å². The van der Waals surface area contributed by atoms with Crippen LogP contribution in [-0.2, 0) is 4.79 Å². The Labute approximate surface area is 84.7 Å². The van der Waals surface area contributed by atoms with Crippen LogP contribution in [0.25, 0.3) is 0 Å². The Kier molecular flexibility index (Phi) is 3.25. The van der Waals surface area contributed by atoms with E-state index in [2.05, 4.69) is 27.6 Å². The molecule has 0 aromatic heterocycles. The van der Waals surface area contributed by atoms with E-state index in [-0.39, 0.29) is 0 Å². The van der Waals surface area contributed by atoms with Crippen molar-refractivity contribution in [1.82, 2.24) is 0 Å². The van der Waals surface area contributed by atoms with Crippen molar-refractivity contribution in [3.8, 4) is 0 Å². The number of carboxylic acids is 1. The molecule has 0 aromatic rings. The van der Waals surface area contributed by atoms with Gasteiger partial charge in [-0.1, -0.05) is 28.7 Å². The fraction of sp³-hybridized carbons (Fsp3) is 0.500. The van der Waals surface area contributed by atoms with Gasteiger partial charge in [-0.25, -0.2) is 0 Å². The predicted molar refractivity (Wildman–Crippen MR) is 56.1 cm³/mol. The monoisotopic (exact) mass is 279 g/mol. The second-order valence-electron chi connectivity index (χ2n) is 2.75. The maximum absolute atomic E-state index is 10.9. The van der Waals surface area contributed by atoms with Gasteiger partial charge in [-0.05, 0) is 12.5 Å². The van der Waals surface area contributed by atoms with E-state index in [0.717, 1.165) is 4.43 Å². The number of hydrogen-bond acceptors (Lipinski definition) is 2. The first kappa shape index (κ1) is 9.70. The number of aliphatic imine (C=N–C) groups is 1. The molecule has 3 nitrogen and oxygen atoms in total. The Hall–Kier alpha value is -0.390. The van der Waals surface area contributed by atoms with Gasteiger partial charge in [-0.2, -0.15) is 0 Å². The molecule has 0 radical (unpaired) electrons. The van der Waals surface area contributed by atoms with E-state index in [1.165, 1.54) is 0 Å². The summed E-state index contributed by atoms with van der Waals surface area (Å²) in [5, 5.41) is 8.99. The number of alkyl halides is 1. The maximum Gasteiger partial charge on any atom is 0.315 e.